The highest BCUT2D eigenvalue weighted by molar-refractivity contribution is 5.96. The lowest BCUT2D eigenvalue weighted by atomic mass is 9.98. The van der Waals surface area contributed by atoms with Crippen LogP contribution in [-0.2, 0) is 4.74 Å². The third kappa shape index (κ3) is 4.41. The fraction of sp³-hybridized carbons (Fsp3) is 0.417. The molecule has 0 atom stereocenters. The second kappa shape index (κ2) is 8.43. The molecule has 8 heteroatoms. The van der Waals surface area contributed by atoms with Gasteiger partial charge >= 0.3 is 6.09 Å². The molecule has 4 rings (SSSR count). The Kier molecular flexibility index (Phi) is 5.81. The normalized spacial score (nSPS) is 15.3. The second-order valence-corrected chi connectivity index (χ2v) is 9.21. The van der Waals surface area contributed by atoms with E-state index in [0.29, 0.717) is 35.5 Å². The number of hydrogen-bond acceptors (Lipinski definition) is 6. The predicted molar refractivity (Wildman–Crippen MR) is 120 cm³/mol. The summed E-state index contributed by atoms with van der Waals surface area (Å²) in [5.41, 5.74) is 0.237. The monoisotopic (exact) mass is 441 g/mol. The lowest BCUT2D eigenvalue weighted by Gasteiger charge is -2.32. The van der Waals surface area contributed by atoms with Gasteiger partial charge in [0.1, 0.15) is 17.2 Å². The molecule has 2 N–H and O–H groups in total. The molecule has 7 nitrogen and oxygen atoms in total. The summed E-state index contributed by atoms with van der Waals surface area (Å²) in [6, 6.07) is 9.59. The van der Waals surface area contributed by atoms with Crippen LogP contribution in [0.4, 0.5) is 15.0 Å². The topological polar surface area (TPSA) is 87.8 Å². The number of pyridine rings is 1. The van der Waals surface area contributed by atoms with Gasteiger partial charge < -0.3 is 19.8 Å². The van der Waals surface area contributed by atoms with Gasteiger partial charge in [-0.3, -0.25) is 0 Å². The third-order valence-corrected chi connectivity index (χ3v) is 5.67. The van der Waals surface area contributed by atoms with Crippen LogP contribution in [0.1, 0.15) is 33.6 Å². The minimum atomic E-state index is -0.733. The maximum Gasteiger partial charge on any atom is 0.419 e. The Morgan fingerprint density at radius 2 is 1.91 bits per heavy atom. The van der Waals surface area contributed by atoms with E-state index in [4.69, 9.17) is 4.74 Å². The number of fused-ring (bicyclic) bond motifs is 1. The molecule has 1 fully saturated rings. The van der Waals surface area contributed by atoms with Gasteiger partial charge in [0.15, 0.2) is 0 Å². The van der Waals surface area contributed by atoms with Gasteiger partial charge in [0, 0.05) is 25.1 Å². The fourth-order valence-corrected chi connectivity index (χ4v) is 4.04. The number of rotatable bonds is 3. The van der Waals surface area contributed by atoms with Gasteiger partial charge in [0.25, 0.3) is 0 Å². The number of phenolic OH excluding ortho intramolecular Hbond substituents is 1. The summed E-state index contributed by atoms with van der Waals surface area (Å²) in [6.45, 7) is 6.86. The van der Waals surface area contributed by atoms with Crippen molar-refractivity contribution in [3.63, 3.8) is 0 Å². The van der Waals surface area contributed by atoms with Crippen molar-refractivity contribution in [2.75, 3.05) is 24.6 Å². The highest BCUT2D eigenvalue weighted by Crippen LogP contribution is 2.33. The Hall–Kier alpha value is -3.13. The summed E-state index contributed by atoms with van der Waals surface area (Å²) < 4.78 is 22.1. The third-order valence-electron chi connectivity index (χ3n) is 5.67. The Balaban J connectivity index is 1.74. The zero-order valence-corrected chi connectivity index (χ0v) is 18.5. The molecule has 0 unspecified atom stereocenters. The number of piperidine rings is 1. The predicted octanol–water partition coefficient (Wildman–Crippen LogP) is 4.54. The van der Waals surface area contributed by atoms with Gasteiger partial charge in [0.05, 0.1) is 16.8 Å². The van der Waals surface area contributed by atoms with Crippen LogP contribution in [-0.4, -0.2) is 51.2 Å². The van der Waals surface area contributed by atoms with Crippen LogP contribution in [0.3, 0.4) is 0 Å². The van der Waals surface area contributed by atoms with Crippen molar-refractivity contribution in [3.05, 3.63) is 42.3 Å². The van der Waals surface area contributed by atoms with Gasteiger partial charge in [-0.15, -0.1) is 0 Å². The van der Waals surface area contributed by atoms with Crippen molar-refractivity contribution in [2.45, 2.75) is 39.2 Å². The Morgan fingerprint density at radius 3 is 2.53 bits per heavy atom. The standard InChI is InChI=1S/C24H28FN3O4/c1-24(2,3)32-23(31)28-19-6-4-17(30)12-16(19)13-20(28)18-5-7-21(26-22(18)25)27-10-8-15(14-29)9-11-27/h4-7,12-13,15,29-30H,8-11,14H2,1-3H3. The number of carbonyl (C=O) groups is 1. The van der Waals surface area contributed by atoms with Crippen LogP contribution in [0.25, 0.3) is 22.2 Å². The number of nitrogens with zero attached hydrogens (tertiary/aromatic N) is 3. The number of aromatic nitrogens is 2. The van der Waals surface area contributed by atoms with Gasteiger partial charge in [-0.1, -0.05) is 0 Å². The number of benzene rings is 1. The molecule has 0 saturated carbocycles. The fourth-order valence-electron chi connectivity index (χ4n) is 4.04. The smallest absolute Gasteiger partial charge is 0.419 e. The highest BCUT2D eigenvalue weighted by atomic mass is 19.1. The van der Waals surface area contributed by atoms with Crippen LogP contribution in [0.2, 0.25) is 0 Å². The minimum absolute atomic E-state index is 0.0469. The zero-order chi connectivity index (χ0) is 23.0. The zero-order valence-electron chi connectivity index (χ0n) is 18.5. The van der Waals surface area contributed by atoms with Crippen LogP contribution < -0.4 is 4.90 Å². The van der Waals surface area contributed by atoms with Gasteiger partial charge in [-0.05, 0) is 75.9 Å². The molecule has 0 spiro atoms. The number of anilines is 1. The Labute approximate surface area is 186 Å². The van der Waals surface area contributed by atoms with E-state index in [0.717, 1.165) is 12.8 Å². The number of carbonyl (C=O) groups excluding carboxylic acids is 1. The van der Waals surface area contributed by atoms with E-state index in [2.05, 4.69) is 4.98 Å². The Morgan fingerprint density at radius 1 is 1.19 bits per heavy atom. The highest BCUT2D eigenvalue weighted by Gasteiger charge is 2.26. The number of phenols is 1. The summed E-state index contributed by atoms with van der Waals surface area (Å²) in [5.74, 6) is 0.158. The van der Waals surface area contributed by atoms with E-state index in [1.54, 1.807) is 45.0 Å². The Bertz CT molecular complexity index is 1140. The van der Waals surface area contributed by atoms with Crippen molar-refractivity contribution >= 4 is 22.8 Å². The summed E-state index contributed by atoms with van der Waals surface area (Å²) in [4.78, 5) is 19.2. The first kappa shape index (κ1) is 22.1. The number of aliphatic hydroxyl groups excluding tert-OH is 1. The number of hydrogen-bond donors (Lipinski definition) is 2. The molecule has 32 heavy (non-hydrogen) atoms. The van der Waals surface area contributed by atoms with Crippen molar-refractivity contribution in [2.24, 2.45) is 5.92 Å². The van der Waals surface area contributed by atoms with E-state index in [-0.39, 0.29) is 23.8 Å². The summed E-state index contributed by atoms with van der Waals surface area (Å²) in [7, 11) is 0. The first-order valence-corrected chi connectivity index (χ1v) is 10.8. The van der Waals surface area contributed by atoms with E-state index in [1.807, 2.05) is 4.90 Å². The van der Waals surface area contributed by atoms with E-state index < -0.39 is 17.6 Å². The first-order chi connectivity index (χ1) is 15.2. The average molecular weight is 442 g/mol. The molecule has 0 radical (unpaired) electrons. The molecule has 1 aromatic carbocycles. The first-order valence-electron chi connectivity index (χ1n) is 10.8. The van der Waals surface area contributed by atoms with Crippen LogP contribution in [0.5, 0.6) is 5.75 Å². The molecule has 1 saturated heterocycles. The molecular formula is C24H28FN3O4. The summed E-state index contributed by atoms with van der Waals surface area (Å²) in [6.07, 6.45) is 1.03. The van der Waals surface area contributed by atoms with Gasteiger partial charge in [0.2, 0.25) is 5.95 Å². The molecule has 0 aliphatic carbocycles. The summed E-state index contributed by atoms with van der Waals surface area (Å²) in [5, 5.41) is 19.8. The van der Waals surface area contributed by atoms with Crippen LogP contribution in [0.15, 0.2) is 36.4 Å². The molecule has 170 valence electrons. The SMILES string of the molecule is CC(C)(C)OC(=O)n1c(-c2ccc(N3CCC(CO)CC3)nc2F)cc2cc(O)ccc21. The molecule has 3 aromatic rings. The molecule has 0 bridgehead atoms. The number of halogens is 1. The minimum Gasteiger partial charge on any atom is -0.508 e. The number of aromatic hydroxyl groups is 1. The van der Waals surface area contributed by atoms with Crippen molar-refractivity contribution in [3.8, 4) is 17.0 Å². The largest absolute Gasteiger partial charge is 0.508 e. The lowest BCUT2D eigenvalue weighted by Crippen LogP contribution is -2.35. The van der Waals surface area contributed by atoms with Crippen LogP contribution in [0, 0.1) is 11.9 Å². The van der Waals surface area contributed by atoms with Crippen molar-refractivity contribution in [1.82, 2.24) is 9.55 Å². The van der Waals surface area contributed by atoms with Crippen molar-refractivity contribution < 1.29 is 24.1 Å². The van der Waals surface area contributed by atoms with E-state index in [9.17, 15) is 15.0 Å². The maximum atomic E-state index is 15.2. The quantitative estimate of drug-likeness (QED) is 0.580. The van der Waals surface area contributed by atoms with Crippen LogP contribution >= 0.6 is 0 Å². The molecule has 1 aliphatic rings. The summed E-state index contributed by atoms with van der Waals surface area (Å²) >= 11 is 0. The maximum absolute atomic E-state index is 15.2. The molecular weight excluding hydrogens is 413 g/mol. The molecule has 0 amide bonds. The second-order valence-electron chi connectivity index (χ2n) is 9.21. The van der Waals surface area contributed by atoms with Gasteiger partial charge in [-0.2, -0.15) is 4.39 Å². The lowest BCUT2D eigenvalue weighted by molar-refractivity contribution is 0.0547. The van der Waals surface area contributed by atoms with Gasteiger partial charge in [-0.25, -0.2) is 14.3 Å². The molecule has 2 aromatic heterocycles. The molecule has 3 heterocycles. The van der Waals surface area contributed by atoms with E-state index >= 15 is 4.39 Å². The van der Waals surface area contributed by atoms with Crippen molar-refractivity contribution in [1.29, 1.82) is 0 Å². The molecule has 1 aliphatic heterocycles. The van der Waals surface area contributed by atoms with E-state index in [1.165, 1.54) is 16.7 Å². The number of ether oxygens (including phenoxy) is 1. The average Bonchev–Trinajstić information content (AvgIpc) is 3.10. The number of aliphatic hydroxyl groups is 1.